The van der Waals surface area contributed by atoms with Gasteiger partial charge in [0.2, 0.25) is 17.6 Å². The first-order valence-electron chi connectivity index (χ1n) is 8.43. The molecule has 0 unspecified atom stereocenters. The van der Waals surface area contributed by atoms with Crippen molar-refractivity contribution in [3.63, 3.8) is 0 Å². The van der Waals surface area contributed by atoms with Crippen LogP contribution in [0.4, 0.5) is 0 Å². The molecule has 0 spiro atoms. The average Bonchev–Trinajstić information content (AvgIpc) is 3.14. The van der Waals surface area contributed by atoms with E-state index in [1.165, 1.54) is 5.56 Å². The van der Waals surface area contributed by atoms with Crippen LogP contribution < -0.4 is 10.1 Å². The van der Waals surface area contributed by atoms with Crippen molar-refractivity contribution in [2.75, 3.05) is 7.11 Å². The highest BCUT2D eigenvalue weighted by molar-refractivity contribution is 5.76. The molecule has 26 heavy (non-hydrogen) atoms. The number of aromatic nitrogens is 2. The molecule has 1 N–H and O–H groups in total. The summed E-state index contributed by atoms with van der Waals surface area (Å²) in [5.41, 5.74) is 3.08. The number of hydrogen-bond acceptors (Lipinski definition) is 5. The van der Waals surface area contributed by atoms with Crippen LogP contribution in [0.5, 0.6) is 5.75 Å². The van der Waals surface area contributed by atoms with Crippen LogP contribution in [0.15, 0.2) is 53.1 Å². The molecule has 2 aromatic carbocycles. The molecule has 134 valence electrons. The van der Waals surface area contributed by atoms with Crippen LogP contribution in [0.1, 0.15) is 23.4 Å². The number of benzene rings is 2. The molecule has 0 radical (unpaired) electrons. The first-order valence-corrected chi connectivity index (χ1v) is 8.43. The molecule has 0 atom stereocenters. The van der Waals surface area contributed by atoms with Gasteiger partial charge in [-0.2, -0.15) is 4.98 Å². The zero-order valence-corrected chi connectivity index (χ0v) is 14.9. The molecule has 0 saturated carbocycles. The maximum atomic E-state index is 12.0. The van der Waals surface area contributed by atoms with E-state index in [-0.39, 0.29) is 5.91 Å². The van der Waals surface area contributed by atoms with E-state index in [0.717, 1.165) is 16.9 Å². The summed E-state index contributed by atoms with van der Waals surface area (Å²) < 4.78 is 10.3. The standard InChI is InChI=1S/C20H21N3O3/c1-14-3-7-16(8-4-14)20-22-19(26-23-20)12-11-18(24)21-13-15-5-9-17(25-2)10-6-15/h3-10H,11-13H2,1-2H3,(H,21,24). The van der Waals surface area contributed by atoms with Gasteiger partial charge < -0.3 is 14.6 Å². The minimum atomic E-state index is -0.0593. The molecular weight excluding hydrogens is 330 g/mol. The summed E-state index contributed by atoms with van der Waals surface area (Å²) in [5, 5.41) is 6.86. The van der Waals surface area contributed by atoms with Gasteiger partial charge in [-0.15, -0.1) is 0 Å². The second-order valence-corrected chi connectivity index (χ2v) is 6.00. The summed E-state index contributed by atoms with van der Waals surface area (Å²) in [4.78, 5) is 16.3. The van der Waals surface area contributed by atoms with Crippen molar-refractivity contribution in [2.45, 2.75) is 26.3 Å². The molecule has 0 aliphatic rings. The van der Waals surface area contributed by atoms with Crippen LogP contribution in [0, 0.1) is 6.92 Å². The Morgan fingerprint density at radius 3 is 2.54 bits per heavy atom. The highest BCUT2D eigenvalue weighted by atomic mass is 16.5. The van der Waals surface area contributed by atoms with Crippen molar-refractivity contribution in [1.82, 2.24) is 15.5 Å². The number of hydrogen-bond donors (Lipinski definition) is 1. The van der Waals surface area contributed by atoms with E-state index in [9.17, 15) is 4.79 Å². The second-order valence-electron chi connectivity index (χ2n) is 6.00. The summed E-state index contributed by atoms with van der Waals surface area (Å²) in [6.07, 6.45) is 0.707. The third-order valence-electron chi connectivity index (χ3n) is 3.99. The van der Waals surface area contributed by atoms with Gasteiger partial charge in [-0.3, -0.25) is 4.79 Å². The molecule has 1 amide bonds. The van der Waals surface area contributed by atoms with E-state index in [1.807, 2.05) is 55.5 Å². The molecule has 1 aromatic heterocycles. The van der Waals surface area contributed by atoms with Crippen LogP contribution in [0.3, 0.4) is 0 Å². The smallest absolute Gasteiger partial charge is 0.227 e. The third-order valence-corrected chi connectivity index (χ3v) is 3.99. The zero-order valence-electron chi connectivity index (χ0n) is 14.9. The van der Waals surface area contributed by atoms with Crippen LogP contribution >= 0.6 is 0 Å². The van der Waals surface area contributed by atoms with Gasteiger partial charge in [0.15, 0.2) is 0 Å². The van der Waals surface area contributed by atoms with Gasteiger partial charge in [0.25, 0.3) is 0 Å². The lowest BCUT2D eigenvalue weighted by molar-refractivity contribution is -0.121. The first kappa shape index (κ1) is 17.7. The summed E-state index contributed by atoms with van der Waals surface area (Å²) in [5.74, 6) is 1.73. The molecule has 0 saturated heterocycles. The Morgan fingerprint density at radius 1 is 1.12 bits per heavy atom. The molecule has 3 aromatic rings. The summed E-state index contributed by atoms with van der Waals surface area (Å²) >= 11 is 0. The maximum absolute atomic E-state index is 12.0. The number of nitrogens with zero attached hydrogens (tertiary/aromatic N) is 2. The highest BCUT2D eigenvalue weighted by Crippen LogP contribution is 2.17. The van der Waals surface area contributed by atoms with Crippen LogP contribution in [0.2, 0.25) is 0 Å². The fourth-order valence-electron chi connectivity index (χ4n) is 2.43. The third kappa shape index (κ3) is 4.69. The molecule has 0 aliphatic carbocycles. The quantitative estimate of drug-likeness (QED) is 0.707. The van der Waals surface area contributed by atoms with Gasteiger partial charge in [-0.1, -0.05) is 47.1 Å². The number of nitrogens with one attached hydrogen (secondary N) is 1. The Morgan fingerprint density at radius 2 is 1.85 bits per heavy atom. The van der Waals surface area contributed by atoms with Crippen molar-refractivity contribution in [1.29, 1.82) is 0 Å². The number of aryl methyl sites for hydroxylation is 2. The van der Waals surface area contributed by atoms with E-state index in [1.54, 1.807) is 7.11 Å². The van der Waals surface area contributed by atoms with Gasteiger partial charge >= 0.3 is 0 Å². The molecule has 0 bridgehead atoms. The summed E-state index contributed by atoms with van der Waals surface area (Å²) in [6.45, 7) is 2.50. The molecular formula is C20H21N3O3. The molecule has 0 fully saturated rings. The Labute approximate surface area is 152 Å². The normalized spacial score (nSPS) is 10.5. The predicted molar refractivity (Wildman–Crippen MR) is 97.6 cm³/mol. The maximum Gasteiger partial charge on any atom is 0.227 e. The van der Waals surface area contributed by atoms with Gasteiger partial charge in [-0.05, 0) is 24.6 Å². The van der Waals surface area contributed by atoms with E-state index < -0.39 is 0 Å². The van der Waals surface area contributed by atoms with E-state index in [2.05, 4.69) is 15.5 Å². The van der Waals surface area contributed by atoms with Crippen LogP contribution in [-0.2, 0) is 17.8 Å². The van der Waals surface area contributed by atoms with E-state index in [0.29, 0.717) is 31.1 Å². The lowest BCUT2D eigenvalue weighted by atomic mass is 10.1. The van der Waals surface area contributed by atoms with Crippen molar-refractivity contribution >= 4 is 5.91 Å². The Bertz CT molecular complexity index is 855. The molecule has 0 aliphatic heterocycles. The highest BCUT2D eigenvalue weighted by Gasteiger charge is 2.10. The number of methoxy groups -OCH3 is 1. The zero-order chi connectivity index (χ0) is 18.4. The number of rotatable bonds is 7. The Kier molecular flexibility index (Phi) is 5.63. The van der Waals surface area contributed by atoms with Crippen molar-refractivity contribution < 1.29 is 14.1 Å². The topological polar surface area (TPSA) is 77.2 Å². The largest absolute Gasteiger partial charge is 0.497 e. The number of amides is 1. The molecule has 6 nitrogen and oxygen atoms in total. The van der Waals surface area contributed by atoms with Crippen molar-refractivity contribution in [2.24, 2.45) is 0 Å². The number of carbonyl (C=O) groups is 1. The summed E-state index contributed by atoms with van der Waals surface area (Å²) in [6, 6.07) is 15.5. The van der Waals surface area contributed by atoms with E-state index in [4.69, 9.17) is 9.26 Å². The van der Waals surface area contributed by atoms with Crippen molar-refractivity contribution in [3.05, 3.63) is 65.5 Å². The van der Waals surface area contributed by atoms with Crippen LogP contribution in [-0.4, -0.2) is 23.2 Å². The second kappa shape index (κ2) is 8.29. The fraction of sp³-hybridized carbons (Fsp3) is 0.250. The lowest BCUT2D eigenvalue weighted by Crippen LogP contribution is -2.23. The number of ether oxygens (including phenoxy) is 1. The SMILES string of the molecule is COc1ccc(CNC(=O)CCc2nc(-c3ccc(C)cc3)no2)cc1. The Balaban J connectivity index is 1.47. The Hall–Kier alpha value is -3.15. The van der Waals surface area contributed by atoms with Crippen LogP contribution in [0.25, 0.3) is 11.4 Å². The van der Waals surface area contributed by atoms with E-state index >= 15 is 0 Å². The van der Waals surface area contributed by atoms with Gasteiger partial charge in [-0.25, -0.2) is 0 Å². The van der Waals surface area contributed by atoms with Gasteiger partial charge in [0, 0.05) is 24.9 Å². The molecule has 3 rings (SSSR count). The number of carbonyl (C=O) groups excluding carboxylic acids is 1. The molecule has 6 heteroatoms. The predicted octanol–water partition coefficient (Wildman–Crippen LogP) is 3.30. The monoisotopic (exact) mass is 351 g/mol. The van der Waals surface area contributed by atoms with Gasteiger partial charge in [0.05, 0.1) is 7.11 Å². The minimum Gasteiger partial charge on any atom is -0.497 e. The fourth-order valence-corrected chi connectivity index (χ4v) is 2.43. The lowest BCUT2D eigenvalue weighted by Gasteiger charge is -2.05. The average molecular weight is 351 g/mol. The minimum absolute atomic E-state index is 0.0593. The summed E-state index contributed by atoms with van der Waals surface area (Å²) in [7, 11) is 1.62. The van der Waals surface area contributed by atoms with Gasteiger partial charge in [0.1, 0.15) is 5.75 Å². The van der Waals surface area contributed by atoms with Crippen molar-refractivity contribution in [3.8, 4) is 17.1 Å². The first-order chi connectivity index (χ1) is 12.6. The molecule has 1 heterocycles.